The first-order chi connectivity index (χ1) is 11.0. The van der Waals surface area contributed by atoms with Gasteiger partial charge in [-0.2, -0.15) is 0 Å². The van der Waals surface area contributed by atoms with E-state index in [4.69, 9.17) is 0 Å². The quantitative estimate of drug-likeness (QED) is 0.877. The van der Waals surface area contributed by atoms with Gasteiger partial charge in [0.15, 0.2) is 0 Å². The van der Waals surface area contributed by atoms with E-state index < -0.39 is 0 Å². The summed E-state index contributed by atoms with van der Waals surface area (Å²) in [5, 5.41) is 5.81. The highest BCUT2D eigenvalue weighted by atomic mass is 16.2. The van der Waals surface area contributed by atoms with Crippen LogP contribution in [0.3, 0.4) is 0 Å². The molecule has 0 aliphatic heterocycles. The lowest BCUT2D eigenvalue weighted by molar-refractivity contribution is -0.133. The molecule has 0 unspecified atom stereocenters. The van der Waals surface area contributed by atoms with Gasteiger partial charge in [-0.15, -0.1) is 0 Å². The monoisotopic (exact) mass is 317 g/mol. The standard InChI is InChI=1S/C18H27N3O2/c1-13(18(23)21(3)16-10-5-4-6-11-16)20-15-9-7-8-14(12-15)17(22)19-2/h7-9,12-13,16,20H,4-6,10-11H2,1-3H3,(H,19,22)/t13-/m1/s1. The number of carbonyl (C=O) groups is 2. The van der Waals surface area contributed by atoms with Gasteiger partial charge >= 0.3 is 0 Å². The van der Waals surface area contributed by atoms with E-state index in [1.54, 1.807) is 19.2 Å². The molecule has 2 amide bonds. The van der Waals surface area contributed by atoms with Gasteiger partial charge in [0, 0.05) is 31.4 Å². The molecule has 1 atom stereocenters. The Balaban J connectivity index is 1.98. The summed E-state index contributed by atoms with van der Waals surface area (Å²) >= 11 is 0. The highest BCUT2D eigenvalue weighted by molar-refractivity contribution is 5.95. The van der Waals surface area contributed by atoms with Crippen LogP contribution in [0.5, 0.6) is 0 Å². The van der Waals surface area contributed by atoms with Gasteiger partial charge < -0.3 is 15.5 Å². The molecule has 1 aromatic rings. The molecule has 5 heteroatoms. The third-order valence-corrected chi connectivity index (χ3v) is 4.58. The summed E-state index contributed by atoms with van der Waals surface area (Å²) < 4.78 is 0. The Bertz CT molecular complexity index is 553. The number of rotatable bonds is 5. The number of anilines is 1. The van der Waals surface area contributed by atoms with Crippen molar-refractivity contribution in [2.24, 2.45) is 0 Å². The molecule has 0 heterocycles. The smallest absolute Gasteiger partial charge is 0.251 e. The van der Waals surface area contributed by atoms with Crippen LogP contribution in [0.4, 0.5) is 5.69 Å². The van der Waals surface area contributed by atoms with Crippen LogP contribution in [-0.4, -0.2) is 42.9 Å². The Kier molecular flexibility index (Phi) is 6.02. The van der Waals surface area contributed by atoms with Gasteiger partial charge in [-0.3, -0.25) is 9.59 Å². The van der Waals surface area contributed by atoms with E-state index in [0.29, 0.717) is 11.6 Å². The molecule has 1 aliphatic rings. The first-order valence-electron chi connectivity index (χ1n) is 8.38. The Labute approximate surface area is 138 Å². The second-order valence-electron chi connectivity index (χ2n) is 6.27. The molecule has 126 valence electrons. The molecule has 1 fully saturated rings. The first kappa shape index (κ1) is 17.3. The summed E-state index contributed by atoms with van der Waals surface area (Å²) in [4.78, 5) is 26.2. The maximum absolute atomic E-state index is 12.6. The Morgan fingerprint density at radius 1 is 1.22 bits per heavy atom. The number of nitrogens with zero attached hydrogens (tertiary/aromatic N) is 1. The van der Waals surface area contributed by atoms with Gasteiger partial charge in [0.1, 0.15) is 6.04 Å². The van der Waals surface area contributed by atoms with Crippen molar-refractivity contribution in [3.63, 3.8) is 0 Å². The van der Waals surface area contributed by atoms with Crippen LogP contribution in [0.15, 0.2) is 24.3 Å². The van der Waals surface area contributed by atoms with Gasteiger partial charge in [0.25, 0.3) is 5.91 Å². The molecule has 2 rings (SSSR count). The zero-order valence-electron chi connectivity index (χ0n) is 14.3. The number of hydrogen-bond acceptors (Lipinski definition) is 3. The minimum absolute atomic E-state index is 0.0993. The fraction of sp³-hybridized carbons (Fsp3) is 0.556. The third-order valence-electron chi connectivity index (χ3n) is 4.58. The van der Waals surface area contributed by atoms with Crippen molar-refractivity contribution >= 4 is 17.5 Å². The molecular formula is C18H27N3O2. The zero-order chi connectivity index (χ0) is 16.8. The minimum atomic E-state index is -0.318. The SMILES string of the molecule is CNC(=O)c1cccc(N[C@H](C)C(=O)N(C)C2CCCCC2)c1. The summed E-state index contributed by atoms with van der Waals surface area (Å²) in [5.74, 6) is -0.0331. The van der Waals surface area contributed by atoms with Crippen LogP contribution >= 0.6 is 0 Å². The summed E-state index contributed by atoms with van der Waals surface area (Å²) in [5.41, 5.74) is 1.36. The molecule has 1 aromatic carbocycles. The lowest BCUT2D eigenvalue weighted by Crippen LogP contribution is -2.45. The van der Waals surface area contributed by atoms with Crippen molar-refractivity contribution in [1.29, 1.82) is 0 Å². The van der Waals surface area contributed by atoms with Crippen LogP contribution < -0.4 is 10.6 Å². The topological polar surface area (TPSA) is 61.4 Å². The summed E-state index contributed by atoms with van der Waals surface area (Å²) in [6, 6.07) is 7.25. The van der Waals surface area contributed by atoms with E-state index in [-0.39, 0.29) is 17.9 Å². The Hall–Kier alpha value is -2.04. The van der Waals surface area contributed by atoms with Gasteiger partial charge in [-0.25, -0.2) is 0 Å². The molecule has 0 spiro atoms. The van der Waals surface area contributed by atoms with Crippen LogP contribution in [0.1, 0.15) is 49.4 Å². The first-order valence-corrected chi connectivity index (χ1v) is 8.38. The van der Waals surface area contributed by atoms with E-state index in [0.717, 1.165) is 18.5 Å². The number of nitrogens with one attached hydrogen (secondary N) is 2. The predicted octanol–water partition coefficient (Wildman–Crippen LogP) is 2.64. The van der Waals surface area contributed by atoms with Gasteiger partial charge in [0.2, 0.25) is 5.91 Å². The second kappa shape index (κ2) is 7.99. The minimum Gasteiger partial charge on any atom is -0.374 e. The van der Waals surface area contributed by atoms with Crippen LogP contribution in [-0.2, 0) is 4.79 Å². The molecule has 2 N–H and O–H groups in total. The molecule has 0 bridgehead atoms. The van der Waals surface area contributed by atoms with Gasteiger partial charge in [0.05, 0.1) is 0 Å². The van der Waals surface area contributed by atoms with Crippen LogP contribution in [0.2, 0.25) is 0 Å². The van der Waals surface area contributed by atoms with Gasteiger partial charge in [-0.1, -0.05) is 25.3 Å². The second-order valence-corrected chi connectivity index (χ2v) is 6.27. The average molecular weight is 317 g/mol. The van der Waals surface area contributed by atoms with Crippen LogP contribution in [0, 0.1) is 0 Å². The number of benzene rings is 1. The van der Waals surface area contributed by atoms with E-state index in [1.807, 2.05) is 31.0 Å². The largest absolute Gasteiger partial charge is 0.374 e. The summed E-state index contributed by atoms with van der Waals surface area (Å²) in [6.45, 7) is 1.87. The maximum Gasteiger partial charge on any atom is 0.251 e. The molecule has 0 radical (unpaired) electrons. The predicted molar refractivity (Wildman–Crippen MR) is 92.6 cm³/mol. The van der Waals surface area contributed by atoms with Crippen LogP contribution in [0.25, 0.3) is 0 Å². The zero-order valence-corrected chi connectivity index (χ0v) is 14.3. The van der Waals surface area contributed by atoms with E-state index in [1.165, 1.54) is 19.3 Å². The highest BCUT2D eigenvalue weighted by Crippen LogP contribution is 2.22. The summed E-state index contributed by atoms with van der Waals surface area (Å²) in [6.07, 6.45) is 5.89. The molecule has 1 aliphatic carbocycles. The van der Waals surface area contributed by atoms with Crippen molar-refractivity contribution in [1.82, 2.24) is 10.2 Å². The van der Waals surface area contributed by atoms with Crippen molar-refractivity contribution < 1.29 is 9.59 Å². The van der Waals surface area contributed by atoms with E-state index >= 15 is 0 Å². The van der Waals surface area contributed by atoms with Crippen molar-refractivity contribution in [3.05, 3.63) is 29.8 Å². The lowest BCUT2D eigenvalue weighted by atomic mass is 9.94. The third kappa shape index (κ3) is 4.47. The average Bonchev–Trinajstić information content (AvgIpc) is 2.60. The van der Waals surface area contributed by atoms with E-state index in [2.05, 4.69) is 10.6 Å². The van der Waals surface area contributed by atoms with Crippen molar-refractivity contribution in [3.8, 4) is 0 Å². The number of likely N-dealkylation sites (N-methyl/N-ethyl adjacent to an activating group) is 1. The number of hydrogen-bond donors (Lipinski definition) is 2. The lowest BCUT2D eigenvalue weighted by Gasteiger charge is -2.33. The van der Waals surface area contributed by atoms with Crippen molar-refractivity contribution in [2.75, 3.05) is 19.4 Å². The Morgan fingerprint density at radius 2 is 1.91 bits per heavy atom. The molecule has 23 heavy (non-hydrogen) atoms. The fourth-order valence-corrected chi connectivity index (χ4v) is 3.16. The van der Waals surface area contributed by atoms with E-state index in [9.17, 15) is 9.59 Å². The number of carbonyl (C=O) groups excluding carboxylic acids is 2. The Morgan fingerprint density at radius 3 is 2.57 bits per heavy atom. The fourth-order valence-electron chi connectivity index (χ4n) is 3.16. The normalized spacial score (nSPS) is 16.5. The maximum atomic E-state index is 12.6. The summed E-state index contributed by atoms with van der Waals surface area (Å²) in [7, 11) is 3.51. The number of amides is 2. The van der Waals surface area contributed by atoms with Crippen molar-refractivity contribution in [2.45, 2.75) is 51.1 Å². The molecule has 5 nitrogen and oxygen atoms in total. The molecular weight excluding hydrogens is 290 g/mol. The molecule has 0 saturated heterocycles. The molecule has 0 aromatic heterocycles. The molecule has 1 saturated carbocycles. The highest BCUT2D eigenvalue weighted by Gasteiger charge is 2.25. The van der Waals surface area contributed by atoms with Gasteiger partial charge in [-0.05, 0) is 38.0 Å².